The number of ketones is 1. The Hall–Kier alpha value is -3.59. The van der Waals surface area contributed by atoms with E-state index in [-0.39, 0.29) is 16.3 Å². The van der Waals surface area contributed by atoms with E-state index in [4.69, 9.17) is 4.74 Å². The first-order valence-electron chi connectivity index (χ1n) is 8.92. The first kappa shape index (κ1) is 19.7. The molecule has 1 aliphatic rings. The molecule has 3 aromatic rings. The number of anilines is 1. The zero-order chi connectivity index (χ0) is 21.4. The van der Waals surface area contributed by atoms with Gasteiger partial charge in [0.25, 0.3) is 5.78 Å². The van der Waals surface area contributed by atoms with Crippen LogP contribution in [0.4, 0.5) is 9.52 Å². The fourth-order valence-corrected chi connectivity index (χ4v) is 4.02. The van der Waals surface area contributed by atoms with Gasteiger partial charge in [0.15, 0.2) is 0 Å². The quantitative estimate of drug-likeness (QED) is 0.390. The predicted octanol–water partition coefficient (Wildman–Crippen LogP) is 3.62. The molecule has 2 aromatic carbocycles. The monoisotopic (exact) mass is 425 g/mol. The molecule has 1 unspecified atom stereocenters. The van der Waals surface area contributed by atoms with Crippen LogP contribution in [0, 0.1) is 12.7 Å². The molecule has 1 saturated heterocycles. The van der Waals surface area contributed by atoms with Gasteiger partial charge < -0.3 is 9.84 Å². The molecule has 1 atom stereocenters. The summed E-state index contributed by atoms with van der Waals surface area (Å²) < 4.78 is 19.8. The van der Waals surface area contributed by atoms with E-state index < -0.39 is 29.3 Å². The van der Waals surface area contributed by atoms with Gasteiger partial charge in [-0.2, -0.15) is 0 Å². The molecule has 0 radical (unpaired) electrons. The van der Waals surface area contributed by atoms with E-state index in [0.717, 1.165) is 16.2 Å². The van der Waals surface area contributed by atoms with Crippen molar-refractivity contribution in [3.8, 4) is 5.75 Å². The summed E-state index contributed by atoms with van der Waals surface area (Å²) in [7, 11) is 1.50. The molecule has 7 nitrogen and oxygen atoms in total. The van der Waals surface area contributed by atoms with Crippen molar-refractivity contribution < 1.29 is 23.8 Å². The molecular formula is C21H16FN3O4S. The Balaban J connectivity index is 1.94. The highest BCUT2D eigenvalue weighted by atomic mass is 32.1. The Bertz CT molecular complexity index is 1170. The molecule has 1 amide bonds. The van der Waals surface area contributed by atoms with E-state index in [1.165, 1.54) is 25.3 Å². The number of aliphatic hydroxyl groups is 1. The number of ether oxygens (including phenoxy) is 1. The minimum Gasteiger partial charge on any atom is -0.507 e. The topological polar surface area (TPSA) is 92.6 Å². The van der Waals surface area contributed by atoms with Gasteiger partial charge in [0, 0.05) is 11.1 Å². The summed E-state index contributed by atoms with van der Waals surface area (Å²) in [4.78, 5) is 26.9. The lowest BCUT2D eigenvalue weighted by Gasteiger charge is -2.22. The molecule has 4 rings (SSSR count). The first-order valence-corrected chi connectivity index (χ1v) is 9.74. The van der Waals surface area contributed by atoms with Gasteiger partial charge >= 0.3 is 5.91 Å². The van der Waals surface area contributed by atoms with Crippen molar-refractivity contribution in [3.63, 3.8) is 0 Å². The summed E-state index contributed by atoms with van der Waals surface area (Å²) in [6.45, 7) is 1.70. The van der Waals surface area contributed by atoms with E-state index in [1.54, 1.807) is 37.3 Å². The highest BCUT2D eigenvalue weighted by molar-refractivity contribution is 7.15. The highest BCUT2D eigenvalue weighted by Gasteiger charge is 2.49. The number of carbonyl (C=O) groups is 2. The van der Waals surface area contributed by atoms with Crippen LogP contribution in [0.3, 0.4) is 0 Å². The van der Waals surface area contributed by atoms with Gasteiger partial charge in [0.2, 0.25) is 5.13 Å². The van der Waals surface area contributed by atoms with Gasteiger partial charge in [-0.15, -0.1) is 10.2 Å². The third kappa shape index (κ3) is 3.22. The first-order chi connectivity index (χ1) is 14.4. The number of halogens is 1. The molecule has 0 spiro atoms. The average molecular weight is 425 g/mol. The second kappa shape index (κ2) is 7.68. The van der Waals surface area contributed by atoms with Crippen molar-refractivity contribution in [1.29, 1.82) is 0 Å². The number of aryl methyl sites for hydroxylation is 1. The van der Waals surface area contributed by atoms with Crippen LogP contribution >= 0.6 is 11.3 Å². The lowest BCUT2D eigenvalue weighted by Crippen LogP contribution is -2.29. The standard InChI is InChI=1S/C21H16FN3O4S/c1-11-23-24-21(30-11)25-17(14-5-3-4-6-15(14)22)16(19(27)20(25)28)18(26)12-7-9-13(29-2)10-8-12/h3-10,17,26H,1-2H3. The number of benzene rings is 2. The molecule has 0 bridgehead atoms. The molecule has 2 heterocycles. The van der Waals surface area contributed by atoms with Gasteiger partial charge in [-0.3, -0.25) is 14.5 Å². The van der Waals surface area contributed by atoms with Crippen molar-refractivity contribution in [2.75, 3.05) is 12.0 Å². The Morgan fingerprint density at radius 3 is 2.43 bits per heavy atom. The van der Waals surface area contributed by atoms with Crippen LogP contribution in [0.25, 0.3) is 5.76 Å². The van der Waals surface area contributed by atoms with Crippen molar-refractivity contribution in [2.45, 2.75) is 13.0 Å². The summed E-state index contributed by atoms with van der Waals surface area (Å²) in [6, 6.07) is 10.9. The number of hydrogen-bond acceptors (Lipinski definition) is 7. The average Bonchev–Trinajstić information content (AvgIpc) is 3.29. The van der Waals surface area contributed by atoms with E-state index in [2.05, 4.69) is 10.2 Å². The van der Waals surface area contributed by atoms with Gasteiger partial charge in [0.1, 0.15) is 28.4 Å². The lowest BCUT2D eigenvalue weighted by molar-refractivity contribution is -0.132. The molecule has 1 N–H and O–H groups in total. The zero-order valence-corrected chi connectivity index (χ0v) is 16.8. The number of Topliss-reactive ketones (excluding diaryl/α,β-unsaturated/α-hetero) is 1. The third-order valence-corrected chi connectivity index (χ3v) is 5.57. The molecule has 0 aliphatic carbocycles. The predicted molar refractivity (Wildman–Crippen MR) is 109 cm³/mol. The summed E-state index contributed by atoms with van der Waals surface area (Å²) in [5.41, 5.74) is 0.145. The molecule has 1 aromatic heterocycles. The van der Waals surface area contributed by atoms with Crippen LogP contribution in [0.2, 0.25) is 0 Å². The molecule has 152 valence electrons. The smallest absolute Gasteiger partial charge is 0.301 e. The van der Waals surface area contributed by atoms with Crippen molar-refractivity contribution in [1.82, 2.24) is 10.2 Å². The Morgan fingerprint density at radius 2 is 1.83 bits per heavy atom. The normalized spacial score (nSPS) is 18.1. The highest BCUT2D eigenvalue weighted by Crippen LogP contribution is 2.43. The number of aromatic nitrogens is 2. The van der Waals surface area contributed by atoms with Gasteiger partial charge in [-0.1, -0.05) is 29.5 Å². The Kier molecular flexibility index (Phi) is 5.04. The van der Waals surface area contributed by atoms with Crippen LogP contribution in [0.15, 0.2) is 54.1 Å². The second-order valence-corrected chi connectivity index (χ2v) is 7.68. The number of aliphatic hydroxyl groups excluding tert-OH is 1. The summed E-state index contributed by atoms with van der Waals surface area (Å²) in [6.07, 6.45) is 0. The molecule has 0 saturated carbocycles. The van der Waals surface area contributed by atoms with E-state index in [9.17, 15) is 19.1 Å². The summed E-state index contributed by atoms with van der Waals surface area (Å²) in [5.74, 6) is -2.30. The van der Waals surface area contributed by atoms with Crippen molar-refractivity contribution >= 4 is 33.9 Å². The number of amides is 1. The maximum Gasteiger partial charge on any atom is 0.301 e. The minimum atomic E-state index is -1.18. The van der Waals surface area contributed by atoms with E-state index in [0.29, 0.717) is 16.3 Å². The summed E-state index contributed by atoms with van der Waals surface area (Å²) >= 11 is 1.10. The molecule has 30 heavy (non-hydrogen) atoms. The van der Waals surface area contributed by atoms with Crippen molar-refractivity contribution in [2.24, 2.45) is 0 Å². The Labute approximate surface area is 175 Å². The number of hydrogen-bond donors (Lipinski definition) is 1. The number of rotatable bonds is 4. The van der Waals surface area contributed by atoms with Crippen LogP contribution in [0.1, 0.15) is 22.2 Å². The van der Waals surface area contributed by atoms with Crippen LogP contribution < -0.4 is 9.64 Å². The largest absolute Gasteiger partial charge is 0.507 e. The van der Waals surface area contributed by atoms with E-state index >= 15 is 0 Å². The molecule has 9 heteroatoms. The fraction of sp³-hybridized carbons (Fsp3) is 0.143. The van der Waals surface area contributed by atoms with Crippen LogP contribution in [-0.4, -0.2) is 34.1 Å². The number of nitrogens with zero attached hydrogens (tertiary/aromatic N) is 3. The Morgan fingerprint density at radius 1 is 1.13 bits per heavy atom. The second-order valence-electron chi connectivity index (χ2n) is 6.52. The number of carbonyl (C=O) groups excluding carboxylic acids is 2. The molecular weight excluding hydrogens is 409 g/mol. The van der Waals surface area contributed by atoms with Gasteiger partial charge in [-0.25, -0.2) is 4.39 Å². The zero-order valence-electron chi connectivity index (χ0n) is 16.0. The van der Waals surface area contributed by atoms with Gasteiger partial charge in [-0.05, 0) is 37.3 Å². The lowest BCUT2D eigenvalue weighted by atomic mass is 9.95. The maximum atomic E-state index is 14.7. The SMILES string of the molecule is COc1ccc(C(O)=C2C(=O)C(=O)N(c3nnc(C)s3)C2c2ccccc2F)cc1. The van der Waals surface area contributed by atoms with Crippen LogP contribution in [0.5, 0.6) is 5.75 Å². The number of methoxy groups -OCH3 is 1. The maximum absolute atomic E-state index is 14.7. The van der Waals surface area contributed by atoms with Crippen LogP contribution in [-0.2, 0) is 9.59 Å². The minimum absolute atomic E-state index is 0.0691. The summed E-state index contributed by atoms with van der Waals surface area (Å²) in [5, 5.41) is 19.5. The van der Waals surface area contributed by atoms with Gasteiger partial charge in [0.05, 0.1) is 12.7 Å². The van der Waals surface area contributed by atoms with Crippen molar-refractivity contribution in [3.05, 3.63) is 76.1 Å². The fourth-order valence-electron chi connectivity index (χ4n) is 3.31. The molecule has 1 fully saturated rings. The third-order valence-electron chi connectivity index (χ3n) is 4.73. The molecule has 1 aliphatic heterocycles. The van der Waals surface area contributed by atoms with E-state index in [1.807, 2.05) is 0 Å².